The van der Waals surface area contributed by atoms with E-state index in [1.54, 1.807) is 0 Å². The molecule has 1 rings (SSSR count). The zero-order valence-corrected chi connectivity index (χ0v) is 17.8. The Labute approximate surface area is 164 Å². The third-order valence-corrected chi connectivity index (χ3v) is 4.14. The summed E-state index contributed by atoms with van der Waals surface area (Å²) in [6.07, 6.45) is 0. The van der Waals surface area contributed by atoms with E-state index in [0.717, 1.165) is 26.2 Å². The van der Waals surface area contributed by atoms with Gasteiger partial charge in [0.05, 0.1) is 6.04 Å². The number of hydrogen-bond acceptors (Lipinski definition) is 3. The van der Waals surface area contributed by atoms with Gasteiger partial charge in [-0.05, 0) is 46.3 Å². The highest BCUT2D eigenvalue weighted by Gasteiger charge is 2.18. The van der Waals surface area contributed by atoms with Crippen LogP contribution in [0, 0.1) is 0 Å². The minimum absolute atomic E-state index is 0.0805. The first-order chi connectivity index (χ1) is 12.8. The molecule has 1 unspecified atom stereocenters. The molecule has 3 N–H and O–H groups in total. The van der Waals surface area contributed by atoms with E-state index in [1.807, 2.05) is 33.8 Å². The van der Waals surface area contributed by atoms with Gasteiger partial charge in [0.15, 0.2) is 5.96 Å². The van der Waals surface area contributed by atoms with Crippen LogP contribution in [0.3, 0.4) is 0 Å². The van der Waals surface area contributed by atoms with Gasteiger partial charge in [-0.1, -0.05) is 44.2 Å². The average molecular weight is 376 g/mol. The average Bonchev–Trinajstić information content (AvgIpc) is 2.62. The van der Waals surface area contributed by atoms with E-state index in [0.29, 0.717) is 5.96 Å². The fraction of sp³-hybridized carbons (Fsp3) is 0.619. The highest BCUT2D eigenvalue weighted by atomic mass is 16.2. The number of rotatable bonds is 9. The predicted octanol–water partition coefficient (Wildman–Crippen LogP) is 2.54. The largest absolute Gasteiger partial charge is 0.357 e. The van der Waals surface area contributed by atoms with Crippen LogP contribution in [0.15, 0.2) is 35.3 Å². The Balaban J connectivity index is 2.81. The topological polar surface area (TPSA) is 68.8 Å². The van der Waals surface area contributed by atoms with Gasteiger partial charge in [0.25, 0.3) is 0 Å². The molecule has 1 atom stereocenters. The molecule has 0 aliphatic carbocycles. The first-order valence-electron chi connectivity index (χ1n) is 9.92. The lowest BCUT2D eigenvalue weighted by Gasteiger charge is -2.30. The Kier molecular flexibility index (Phi) is 9.86. The van der Waals surface area contributed by atoms with Crippen molar-refractivity contribution in [3.8, 4) is 0 Å². The van der Waals surface area contributed by atoms with E-state index >= 15 is 0 Å². The number of aliphatic imine (C=N–C) groups is 1. The normalized spacial score (nSPS) is 13.4. The predicted molar refractivity (Wildman–Crippen MR) is 114 cm³/mol. The molecule has 0 aliphatic rings. The number of amides is 1. The van der Waals surface area contributed by atoms with Gasteiger partial charge in [0.1, 0.15) is 6.54 Å². The van der Waals surface area contributed by atoms with Crippen molar-refractivity contribution >= 4 is 11.9 Å². The summed E-state index contributed by atoms with van der Waals surface area (Å²) in [4.78, 5) is 18.9. The van der Waals surface area contributed by atoms with E-state index in [-0.39, 0.29) is 24.0 Å². The molecule has 27 heavy (non-hydrogen) atoms. The molecule has 0 saturated heterocycles. The van der Waals surface area contributed by atoms with Crippen molar-refractivity contribution in [2.45, 2.75) is 53.1 Å². The summed E-state index contributed by atoms with van der Waals surface area (Å²) < 4.78 is 0. The number of carbonyl (C=O) groups excluding carboxylic acids is 1. The Morgan fingerprint density at radius 2 is 1.70 bits per heavy atom. The quantitative estimate of drug-likeness (QED) is 0.458. The van der Waals surface area contributed by atoms with E-state index in [9.17, 15) is 4.79 Å². The third-order valence-electron chi connectivity index (χ3n) is 4.14. The summed E-state index contributed by atoms with van der Waals surface area (Å²) >= 11 is 0. The van der Waals surface area contributed by atoms with Gasteiger partial charge in [0.2, 0.25) is 5.91 Å². The van der Waals surface area contributed by atoms with Crippen molar-refractivity contribution in [1.82, 2.24) is 20.9 Å². The maximum atomic E-state index is 12.0. The molecule has 0 saturated carbocycles. The fourth-order valence-electron chi connectivity index (χ4n) is 2.94. The van der Waals surface area contributed by atoms with Crippen LogP contribution in [0.4, 0.5) is 0 Å². The Hall–Kier alpha value is -2.08. The van der Waals surface area contributed by atoms with Gasteiger partial charge in [-0.25, -0.2) is 4.99 Å². The van der Waals surface area contributed by atoms with Crippen LogP contribution in [0.2, 0.25) is 0 Å². The molecule has 1 aromatic carbocycles. The van der Waals surface area contributed by atoms with E-state index < -0.39 is 0 Å². The first-order valence-corrected chi connectivity index (χ1v) is 9.92. The highest BCUT2D eigenvalue weighted by Crippen LogP contribution is 2.19. The number of benzene rings is 1. The lowest BCUT2D eigenvalue weighted by atomic mass is 10.1. The van der Waals surface area contributed by atoms with Crippen molar-refractivity contribution in [1.29, 1.82) is 0 Å². The number of carbonyl (C=O) groups is 1. The molecule has 6 heteroatoms. The first kappa shape index (κ1) is 23.0. The number of hydrogen-bond donors (Lipinski definition) is 3. The number of nitrogens with zero attached hydrogens (tertiary/aromatic N) is 2. The monoisotopic (exact) mass is 375 g/mol. The van der Waals surface area contributed by atoms with Crippen LogP contribution in [0.5, 0.6) is 0 Å². The fourth-order valence-corrected chi connectivity index (χ4v) is 2.94. The van der Waals surface area contributed by atoms with E-state index in [2.05, 4.69) is 64.0 Å². The maximum absolute atomic E-state index is 12.0. The summed E-state index contributed by atoms with van der Waals surface area (Å²) in [7, 11) is 0. The molecule has 0 aliphatic heterocycles. The lowest BCUT2D eigenvalue weighted by molar-refractivity contribution is -0.121. The van der Waals surface area contributed by atoms with Crippen LogP contribution >= 0.6 is 0 Å². The molecule has 0 bridgehead atoms. The van der Waals surface area contributed by atoms with Gasteiger partial charge in [0, 0.05) is 18.6 Å². The van der Waals surface area contributed by atoms with E-state index in [4.69, 9.17) is 0 Å². The zero-order chi connectivity index (χ0) is 20.3. The van der Waals surface area contributed by atoms with Crippen LogP contribution in [-0.2, 0) is 4.79 Å². The van der Waals surface area contributed by atoms with Crippen molar-refractivity contribution in [3.63, 3.8) is 0 Å². The molecule has 0 aromatic heterocycles. The van der Waals surface area contributed by atoms with Crippen LogP contribution in [0.1, 0.15) is 53.1 Å². The van der Waals surface area contributed by atoms with Crippen molar-refractivity contribution < 1.29 is 4.79 Å². The minimum Gasteiger partial charge on any atom is -0.357 e. The highest BCUT2D eigenvalue weighted by molar-refractivity contribution is 5.85. The Morgan fingerprint density at radius 1 is 1.07 bits per heavy atom. The smallest absolute Gasteiger partial charge is 0.242 e. The zero-order valence-electron chi connectivity index (χ0n) is 17.8. The molecule has 152 valence electrons. The third kappa shape index (κ3) is 8.91. The standard InChI is InChI=1S/C21H37N5O/c1-7-22-20(24-16-19(27)25-21(4,5)6)23-15-18(26(8-2)9-3)17-13-11-10-12-14-17/h10-14,18H,7-9,15-16H2,1-6H3,(H,25,27)(H2,22,23,24). The number of likely N-dealkylation sites (N-methyl/N-ethyl adjacent to an activating group) is 1. The molecule has 1 amide bonds. The van der Waals surface area contributed by atoms with Crippen LogP contribution in [0.25, 0.3) is 0 Å². The molecule has 0 spiro atoms. The van der Waals surface area contributed by atoms with Gasteiger partial charge in [-0.2, -0.15) is 0 Å². The van der Waals surface area contributed by atoms with Gasteiger partial charge in [-0.15, -0.1) is 0 Å². The summed E-state index contributed by atoms with van der Waals surface area (Å²) in [6.45, 7) is 15.8. The van der Waals surface area contributed by atoms with E-state index in [1.165, 1.54) is 5.56 Å². The molecule has 0 radical (unpaired) electrons. The van der Waals surface area contributed by atoms with Crippen molar-refractivity contribution in [2.75, 3.05) is 32.7 Å². The second kappa shape index (κ2) is 11.6. The Bertz CT molecular complexity index is 576. The van der Waals surface area contributed by atoms with Crippen LogP contribution in [-0.4, -0.2) is 55.0 Å². The summed E-state index contributed by atoms with van der Waals surface area (Å²) in [6, 6.07) is 10.7. The number of guanidine groups is 1. The van der Waals surface area contributed by atoms with Crippen molar-refractivity contribution in [3.05, 3.63) is 35.9 Å². The molecular weight excluding hydrogens is 338 g/mol. The SMILES string of the molecule is CCNC(=NCC(=O)NC(C)(C)C)NCC(c1ccccc1)N(CC)CC. The summed E-state index contributed by atoms with van der Waals surface area (Å²) in [5.74, 6) is 0.581. The van der Waals surface area contributed by atoms with Gasteiger partial charge < -0.3 is 16.0 Å². The second-order valence-electron chi connectivity index (χ2n) is 7.52. The van der Waals surface area contributed by atoms with Crippen molar-refractivity contribution in [2.24, 2.45) is 4.99 Å². The maximum Gasteiger partial charge on any atom is 0.242 e. The van der Waals surface area contributed by atoms with Gasteiger partial charge in [-0.3, -0.25) is 9.69 Å². The Morgan fingerprint density at radius 3 is 2.22 bits per heavy atom. The molecule has 0 fully saturated rings. The summed E-state index contributed by atoms with van der Waals surface area (Å²) in [5, 5.41) is 9.56. The number of nitrogens with one attached hydrogen (secondary N) is 3. The lowest BCUT2D eigenvalue weighted by Crippen LogP contribution is -2.45. The molecular formula is C21H37N5O. The van der Waals surface area contributed by atoms with Crippen LogP contribution < -0.4 is 16.0 Å². The molecule has 6 nitrogen and oxygen atoms in total. The molecule has 0 heterocycles. The minimum atomic E-state index is -0.250. The van der Waals surface area contributed by atoms with Gasteiger partial charge >= 0.3 is 0 Å². The summed E-state index contributed by atoms with van der Waals surface area (Å²) in [5.41, 5.74) is 1.02. The molecule has 1 aromatic rings. The second-order valence-corrected chi connectivity index (χ2v) is 7.52.